The van der Waals surface area contributed by atoms with Crippen molar-refractivity contribution in [1.82, 2.24) is 15.2 Å². The van der Waals surface area contributed by atoms with E-state index in [1.165, 1.54) is 18.2 Å². The number of rotatable bonds is 3. The summed E-state index contributed by atoms with van der Waals surface area (Å²) in [6.07, 6.45) is 3.31. The maximum atomic E-state index is 13.2. The van der Waals surface area contributed by atoms with Crippen LogP contribution in [-0.4, -0.2) is 34.4 Å². The van der Waals surface area contributed by atoms with E-state index in [0.717, 1.165) is 31.6 Å². The highest BCUT2D eigenvalue weighted by molar-refractivity contribution is 6.32. The van der Waals surface area contributed by atoms with E-state index in [1.54, 1.807) is 6.20 Å². The Morgan fingerprint density at radius 2 is 2.05 bits per heavy atom. The number of piperidine rings is 1. The SMILES string of the molecule is Cc1cnc(N2CCC(Oc3cc(F)ccc3Cl)CC2)nn1. The molecule has 0 aliphatic carbocycles. The number of anilines is 1. The summed E-state index contributed by atoms with van der Waals surface area (Å²) < 4.78 is 19.1. The maximum Gasteiger partial charge on any atom is 0.245 e. The van der Waals surface area contributed by atoms with Gasteiger partial charge in [0.2, 0.25) is 5.95 Å². The van der Waals surface area contributed by atoms with Crippen LogP contribution in [-0.2, 0) is 0 Å². The van der Waals surface area contributed by atoms with E-state index in [-0.39, 0.29) is 11.9 Å². The Bertz CT molecular complexity index is 644. The van der Waals surface area contributed by atoms with Crippen LogP contribution in [0.1, 0.15) is 18.5 Å². The summed E-state index contributed by atoms with van der Waals surface area (Å²) in [6, 6.07) is 4.15. The molecule has 116 valence electrons. The van der Waals surface area contributed by atoms with Crippen LogP contribution in [0, 0.1) is 12.7 Å². The highest BCUT2D eigenvalue weighted by atomic mass is 35.5. The molecule has 0 spiro atoms. The van der Waals surface area contributed by atoms with Gasteiger partial charge in [-0.15, -0.1) is 5.10 Å². The van der Waals surface area contributed by atoms with Crippen LogP contribution in [0.5, 0.6) is 5.75 Å². The number of hydrogen-bond donors (Lipinski definition) is 0. The molecule has 2 heterocycles. The first-order chi connectivity index (χ1) is 10.6. The fraction of sp³-hybridized carbons (Fsp3) is 0.400. The third-order valence-corrected chi connectivity index (χ3v) is 3.89. The molecule has 0 radical (unpaired) electrons. The van der Waals surface area contributed by atoms with E-state index in [2.05, 4.69) is 20.1 Å². The molecule has 5 nitrogen and oxygen atoms in total. The summed E-state index contributed by atoms with van der Waals surface area (Å²) >= 11 is 6.02. The quantitative estimate of drug-likeness (QED) is 0.869. The van der Waals surface area contributed by atoms with E-state index in [9.17, 15) is 4.39 Å². The van der Waals surface area contributed by atoms with Crippen LogP contribution in [0.3, 0.4) is 0 Å². The number of halogens is 2. The van der Waals surface area contributed by atoms with Crippen molar-refractivity contribution >= 4 is 17.5 Å². The first-order valence-electron chi connectivity index (χ1n) is 7.15. The van der Waals surface area contributed by atoms with Crippen molar-refractivity contribution < 1.29 is 9.13 Å². The number of aromatic nitrogens is 3. The van der Waals surface area contributed by atoms with Crippen molar-refractivity contribution in [2.45, 2.75) is 25.9 Å². The van der Waals surface area contributed by atoms with Gasteiger partial charge >= 0.3 is 0 Å². The van der Waals surface area contributed by atoms with E-state index in [1.807, 2.05) is 6.92 Å². The lowest BCUT2D eigenvalue weighted by molar-refractivity contribution is 0.170. The minimum atomic E-state index is -0.351. The highest BCUT2D eigenvalue weighted by Crippen LogP contribution is 2.28. The predicted molar refractivity (Wildman–Crippen MR) is 81.8 cm³/mol. The molecule has 1 aliphatic heterocycles. The standard InChI is InChI=1S/C15H16ClFN4O/c1-10-9-18-15(20-19-10)21-6-4-12(5-7-21)22-14-8-11(17)2-3-13(14)16/h2-3,8-9,12H,4-7H2,1H3. The summed E-state index contributed by atoms with van der Waals surface area (Å²) in [6.45, 7) is 3.39. The molecule has 0 atom stereocenters. The maximum absolute atomic E-state index is 13.2. The van der Waals surface area contributed by atoms with Crippen LogP contribution in [0.2, 0.25) is 5.02 Å². The van der Waals surface area contributed by atoms with Gasteiger partial charge in [0.05, 0.1) is 16.9 Å². The molecule has 7 heteroatoms. The third-order valence-electron chi connectivity index (χ3n) is 3.58. The van der Waals surface area contributed by atoms with E-state index in [4.69, 9.17) is 16.3 Å². The van der Waals surface area contributed by atoms with Gasteiger partial charge in [0.25, 0.3) is 0 Å². The second-order valence-corrected chi connectivity index (χ2v) is 5.69. The van der Waals surface area contributed by atoms with Gasteiger partial charge in [0.15, 0.2) is 0 Å². The molecule has 1 aromatic heterocycles. The van der Waals surface area contributed by atoms with Crippen LogP contribution < -0.4 is 9.64 Å². The van der Waals surface area contributed by atoms with Gasteiger partial charge in [-0.3, -0.25) is 0 Å². The van der Waals surface area contributed by atoms with Crippen LogP contribution in [0.15, 0.2) is 24.4 Å². The van der Waals surface area contributed by atoms with Crippen molar-refractivity contribution in [3.8, 4) is 5.75 Å². The monoisotopic (exact) mass is 322 g/mol. The highest BCUT2D eigenvalue weighted by Gasteiger charge is 2.23. The molecule has 22 heavy (non-hydrogen) atoms. The minimum absolute atomic E-state index is 0.00829. The van der Waals surface area contributed by atoms with Gasteiger partial charge in [0.1, 0.15) is 17.7 Å². The van der Waals surface area contributed by atoms with Gasteiger partial charge in [0, 0.05) is 32.0 Å². The zero-order chi connectivity index (χ0) is 15.5. The topological polar surface area (TPSA) is 51.1 Å². The van der Waals surface area contributed by atoms with Gasteiger partial charge in [-0.2, -0.15) is 5.10 Å². The molecule has 0 saturated carbocycles. The molecule has 1 aliphatic rings. The van der Waals surface area contributed by atoms with Gasteiger partial charge in [-0.1, -0.05) is 11.6 Å². The number of nitrogens with zero attached hydrogens (tertiary/aromatic N) is 4. The Labute approximate surface area is 133 Å². The molecule has 0 unspecified atom stereocenters. The van der Waals surface area contributed by atoms with Crippen LogP contribution >= 0.6 is 11.6 Å². The van der Waals surface area contributed by atoms with Gasteiger partial charge in [-0.05, 0) is 19.1 Å². The van der Waals surface area contributed by atoms with Crippen LogP contribution in [0.25, 0.3) is 0 Å². The molecule has 2 aromatic rings. The summed E-state index contributed by atoms with van der Waals surface area (Å²) in [5.41, 5.74) is 0.794. The van der Waals surface area contributed by atoms with Crippen molar-refractivity contribution in [3.05, 3.63) is 40.9 Å². The lowest BCUT2D eigenvalue weighted by atomic mass is 10.1. The third kappa shape index (κ3) is 3.44. The molecule has 3 rings (SSSR count). The Balaban J connectivity index is 1.60. The Morgan fingerprint density at radius 3 is 2.73 bits per heavy atom. The number of ether oxygens (including phenoxy) is 1. The summed E-state index contributed by atoms with van der Waals surface area (Å²) in [7, 11) is 0. The van der Waals surface area contributed by atoms with E-state index < -0.39 is 0 Å². The Morgan fingerprint density at radius 1 is 1.27 bits per heavy atom. The average molecular weight is 323 g/mol. The van der Waals surface area contributed by atoms with Crippen molar-refractivity contribution in [3.63, 3.8) is 0 Å². The fourth-order valence-electron chi connectivity index (χ4n) is 2.39. The largest absolute Gasteiger partial charge is 0.489 e. The Hall–Kier alpha value is -1.95. The molecule has 1 saturated heterocycles. The average Bonchev–Trinajstić information content (AvgIpc) is 2.53. The van der Waals surface area contributed by atoms with Crippen LogP contribution in [0.4, 0.5) is 10.3 Å². The van der Waals surface area contributed by atoms with E-state index >= 15 is 0 Å². The first-order valence-corrected chi connectivity index (χ1v) is 7.52. The lowest BCUT2D eigenvalue weighted by Crippen LogP contribution is -2.39. The molecule has 0 N–H and O–H groups in total. The van der Waals surface area contributed by atoms with Crippen molar-refractivity contribution in [1.29, 1.82) is 0 Å². The second kappa shape index (κ2) is 6.44. The second-order valence-electron chi connectivity index (χ2n) is 5.28. The summed E-state index contributed by atoms with van der Waals surface area (Å²) in [4.78, 5) is 6.35. The molecule has 1 fully saturated rings. The summed E-state index contributed by atoms with van der Waals surface area (Å²) in [5, 5.41) is 8.53. The molecule has 1 aromatic carbocycles. The van der Waals surface area contributed by atoms with Crippen molar-refractivity contribution in [2.75, 3.05) is 18.0 Å². The first kappa shape index (κ1) is 15.0. The predicted octanol–water partition coefficient (Wildman–Crippen LogP) is 3.02. The van der Waals surface area contributed by atoms with E-state index in [0.29, 0.717) is 16.7 Å². The normalized spacial score (nSPS) is 15.9. The smallest absolute Gasteiger partial charge is 0.245 e. The number of hydrogen-bond acceptors (Lipinski definition) is 5. The van der Waals surface area contributed by atoms with Gasteiger partial charge in [-0.25, -0.2) is 9.37 Å². The molecule has 0 amide bonds. The summed E-state index contributed by atoms with van der Waals surface area (Å²) in [5.74, 6) is 0.678. The zero-order valence-electron chi connectivity index (χ0n) is 12.2. The molecule has 0 bridgehead atoms. The minimum Gasteiger partial charge on any atom is -0.489 e. The zero-order valence-corrected chi connectivity index (χ0v) is 12.9. The number of aryl methyl sites for hydroxylation is 1. The molecular formula is C15H16ClFN4O. The fourth-order valence-corrected chi connectivity index (χ4v) is 2.55. The Kier molecular flexibility index (Phi) is 4.38. The number of benzene rings is 1. The van der Waals surface area contributed by atoms with Gasteiger partial charge < -0.3 is 9.64 Å². The molecular weight excluding hydrogens is 307 g/mol. The van der Waals surface area contributed by atoms with Crippen molar-refractivity contribution in [2.24, 2.45) is 0 Å². The lowest BCUT2D eigenvalue weighted by Gasteiger charge is -2.32.